The van der Waals surface area contributed by atoms with Gasteiger partial charge in [0.1, 0.15) is 18.0 Å². The van der Waals surface area contributed by atoms with Crippen LogP contribution in [0.15, 0.2) is 24.4 Å². The van der Waals surface area contributed by atoms with Crippen LogP contribution in [0, 0.1) is 24.9 Å². The molecule has 7 heteroatoms. The van der Waals surface area contributed by atoms with Crippen molar-refractivity contribution in [3.05, 3.63) is 42.1 Å². The molecule has 0 aromatic carbocycles. The number of aromatic nitrogens is 2. The SMILES string of the molecule is Cc1nc(-c2c[c]ncc2F)ccc1OCC(C)(CC(C)C)NC(=O)OC(C)(C)C. The van der Waals surface area contributed by atoms with Gasteiger partial charge in [0.05, 0.1) is 29.3 Å². The minimum Gasteiger partial charge on any atom is -0.489 e. The van der Waals surface area contributed by atoms with Crippen molar-refractivity contribution in [3.8, 4) is 17.0 Å². The summed E-state index contributed by atoms with van der Waals surface area (Å²) in [6, 6.07) is 4.90. The molecule has 30 heavy (non-hydrogen) atoms. The molecule has 0 aliphatic carbocycles. The Balaban J connectivity index is 2.14. The van der Waals surface area contributed by atoms with Crippen LogP contribution >= 0.6 is 0 Å². The molecule has 0 aliphatic rings. The summed E-state index contributed by atoms with van der Waals surface area (Å²) >= 11 is 0. The monoisotopic (exact) mass is 416 g/mol. The van der Waals surface area contributed by atoms with Gasteiger partial charge in [0.2, 0.25) is 0 Å². The number of nitrogens with one attached hydrogen (secondary N) is 1. The zero-order chi connectivity index (χ0) is 22.5. The summed E-state index contributed by atoms with van der Waals surface area (Å²) in [5.41, 5.74) is 0.213. The van der Waals surface area contributed by atoms with Gasteiger partial charge in [-0.3, -0.25) is 4.98 Å². The molecular weight excluding hydrogens is 385 g/mol. The summed E-state index contributed by atoms with van der Waals surface area (Å²) in [4.78, 5) is 20.4. The molecule has 2 rings (SSSR count). The minimum absolute atomic E-state index is 0.240. The number of amides is 1. The highest BCUT2D eigenvalue weighted by atomic mass is 19.1. The lowest BCUT2D eigenvalue weighted by atomic mass is 9.91. The van der Waals surface area contributed by atoms with Gasteiger partial charge in [-0.2, -0.15) is 0 Å². The molecule has 6 nitrogen and oxygen atoms in total. The maximum absolute atomic E-state index is 14.0. The van der Waals surface area contributed by atoms with Crippen LogP contribution in [0.5, 0.6) is 5.75 Å². The fraction of sp³-hybridized carbons (Fsp3) is 0.522. The Hall–Kier alpha value is -2.70. The Morgan fingerprint density at radius 2 is 1.97 bits per heavy atom. The standard InChI is InChI=1S/C23H31FN3O3/c1-15(2)12-23(7,27-21(28)30-22(4,5)6)14-29-20-9-8-19(26-16(20)3)17-10-11-25-13-18(17)24/h8-10,13,15H,12,14H2,1-7H3,(H,27,28). The number of ether oxygens (including phenoxy) is 2. The van der Waals surface area contributed by atoms with Crippen LogP contribution in [0.1, 0.15) is 53.7 Å². The zero-order valence-corrected chi connectivity index (χ0v) is 18.8. The molecule has 0 saturated heterocycles. The molecular formula is C23H31FN3O3. The van der Waals surface area contributed by atoms with Gasteiger partial charge in [0.25, 0.3) is 0 Å². The van der Waals surface area contributed by atoms with Crippen molar-refractivity contribution in [2.75, 3.05) is 6.61 Å². The first kappa shape index (κ1) is 23.6. The maximum atomic E-state index is 14.0. The number of nitrogens with zero attached hydrogens (tertiary/aromatic N) is 2. The van der Waals surface area contributed by atoms with Gasteiger partial charge in [-0.1, -0.05) is 13.8 Å². The summed E-state index contributed by atoms with van der Waals surface area (Å²) in [5, 5.41) is 2.95. The zero-order valence-electron chi connectivity index (χ0n) is 18.8. The predicted octanol–water partition coefficient (Wildman–Crippen LogP) is 5.10. The Labute approximate surface area is 178 Å². The molecule has 0 bridgehead atoms. The fourth-order valence-corrected chi connectivity index (χ4v) is 3.22. The minimum atomic E-state index is -0.631. The number of rotatable bonds is 7. The Morgan fingerprint density at radius 3 is 2.53 bits per heavy atom. The van der Waals surface area contributed by atoms with Crippen molar-refractivity contribution >= 4 is 6.09 Å². The van der Waals surface area contributed by atoms with Crippen LogP contribution in [0.4, 0.5) is 9.18 Å². The van der Waals surface area contributed by atoms with Crippen molar-refractivity contribution in [2.24, 2.45) is 5.92 Å². The lowest BCUT2D eigenvalue weighted by Gasteiger charge is -2.33. The third kappa shape index (κ3) is 6.97. The molecule has 1 N–H and O–H groups in total. The van der Waals surface area contributed by atoms with Gasteiger partial charge in [-0.25, -0.2) is 14.2 Å². The Bertz CT molecular complexity index is 880. The second-order valence-electron chi connectivity index (χ2n) is 9.15. The lowest BCUT2D eigenvalue weighted by Crippen LogP contribution is -2.52. The summed E-state index contributed by atoms with van der Waals surface area (Å²) < 4.78 is 25.4. The van der Waals surface area contributed by atoms with Gasteiger partial charge in [-0.15, -0.1) is 0 Å². The first-order valence-corrected chi connectivity index (χ1v) is 10.0. The number of carbonyl (C=O) groups excluding carboxylic acids is 1. The van der Waals surface area contributed by atoms with Crippen LogP contribution in [-0.2, 0) is 4.74 Å². The summed E-state index contributed by atoms with van der Waals surface area (Å²) in [6.07, 6.45) is 3.95. The first-order chi connectivity index (χ1) is 13.9. The molecule has 1 radical (unpaired) electrons. The largest absolute Gasteiger partial charge is 0.489 e. The highest BCUT2D eigenvalue weighted by Gasteiger charge is 2.31. The summed E-state index contributed by atoms with van der Waals surface area (Å²) in [5.74, 6) is 0.444. The van der Waals surface area contributed by atoms with E-state index in [4.69, 9.17) is 9.47 Å². The van der Waals surface area contributed by atoms with E-state index in [-0.39, 0.29) is 6.61 Å². The number of aryl methyl sites for hydroxylation is 1. The fourth-order valence-electron chi connectivity index (χ4n) is 3.22. The number of pyridine rings is 2. The topological polar surface area (TPSA) is 73.3 Å². The van der Waals surface area contributed by atoms with E-state index in [9.17, 15) is 9.18 Å². The highest BCUT2D eigenvalue weighted by Crippen LogP contribution is 2.26. The second-order valence-corrected chi connectivity index (χ2v) is 9.15. The number of hydrogen-bond donors (Lipinski definition) is 1. The number of carbonyl (C=O) groups is 1. The molecule has 2 aromatic rings. The van der Waals surface area contributed by atoms with Crippen LogP contribution in [0.2, 0.25) is 0 Å². The predicted molar refractivity (Wildman–Crippen MR) is 114 cm³/mol. The summed E-state index contributed by atoms with van der Waals surface area (Å²) in [6.45, 7) is 13.6. The van der Waals surface area contributed by atoms with E-state index in [1.807, 2.05) is 27.7 Å². The average molecular weight is 417 g/mol. The van der Waals surface area contributed by atoms with E-state index in [1.165, 1.54) is 6.07 Å². The van der Waals surface area contributed by atoms with E-state index in [0.717, 1.165) is 6.20 Å². The van der Waals surface area contributed by atoms with E-state index in [1.54, 1.807) is 19.1 Å². The summed E-state index contributed by atoms with van der Waals surface area (Å²) in [7, 11) is 0. The van der Waals surface area contributed by atoms with E-state index in [0.29, 0.717) is 35.0 Å². The molecule has 1 atom stereocenters. The average Bonchev–Trinajstić information content (AvgIpc) is 2.58. The second kappa shape index (κ2) is 9.41. The molecule has 0 aliphatic heterocycles. The highest BCUT2D eigenvalue weighted by molar-refractivity contribution is 5.68. The van der Waals surface area contributed by atoms with E-state index in [2.05, 4.69) is 35.3 Å². The quantitative estimate of drug-likeness (QED) is 0.680. The van der Waals surface area contributed by atoms with E-state index >= 15 is 0 Å². The van der Waals surface area contributed by atoms with Crippen molar-refractivity contribution < 1.29 is 18.7 Å². The van der Waals surface area contributed by atoms with Crippen LogP contribution in [0.3, 0.4) is 0 Å². The van der Waals surface area contributed by atoms with Gasteiger partial charge in [0.15, 0.2) is 5.82 Å². The Kier molecular flexibility index (Phi) is 7.39. The van der Waals surface area contributed by atoms with Gasteiger partial charge >= 0.3 is 6.09 Å². The normalized spacial score (nSPS) is 13.6. The van der Waals surface area contributed by atoms with Gasteiger partial charge in [-0.05, 0) is 65.2 Å². The van der Waals surface area contributed by atoms with E-state index < -0.39 is 23.1 Å². The molecule has 2 heterocycles. The van der Waals surface area contributed by atoms with Crippen molar-refractivity contribution in [1.29, 1.82) is 0 Å². The van der Waals surface area contributed by atoms with Crippen LogP contribution in [-0.4, -0.2) is 33.8 Å². The molecule has 2 aromatic heterocycles. The molecule has 0 fully saturated rings. The van der Waals surface area contributed by atoms with Crippen molar-refractivity contribution in [3.63, 3.8) is 0 Å². The number of hydrogen-bond acceptors (Lipinski definition) is 5. The maximum Gasteiger partial charge on any atom is 0.408 e. The third-order valence-electron chi connectivity index (χ3n) is 4.24. The number of halogens is 1. The smallest absolute Gasteiger partial charge is 0.408 e. The Morgan fingerprint density at radius 1 is 1.27 bits per heavy atom. The van der Waals surface area contributed by atoms with Crippen LogP contribution < -0.4 is 10.1 Å². The lowest BCUT2D eigenvalue weighted by molar-refractivity contribution is 0.0407. The van der Waals surface area contributed by atoms with Crippen LogP contribution in [0.25, 0.3) is 11.3 Å². The first-order valence-electron chi connectivity index (χ1n) is 10.0. The molecule has 1 unspecified atom stereocenters. The van der Waals surface area contributed by atoms with Gasteiger partial charge < -0.3 is 14.8 Å². The van der Waals surface area contributed by atoms with Gasteiger partial charge in [0, 0.05) is 5.56 Å². The third-order valence-corrected chi connectivity index (χ3v) is 4.24. The molecule has 163 valence electrons. The van der Waals surface area contributed by atoms with Crippen molar-refractivity contribution in [2.45, 2.75) is 66.0 Å². The molecule has 1 amide bonds. The van der Waals surface area contributed by atoms with Crippen molar-refractivity contribution in [1.82, 2.24) is 15.3 Å². The molecule has 0 saturated carbocycles. The number of alkyl carbamates (subject to hydrolysis) is 1. The molecule has 0 spiro atoms.